The third-order valence-electron chi connectivity index (χ3n) is 5.12. The second kappa shape index (κ2) is 4.02. The molecule has 0 radical (unpaired) electrons. The van der Waals surface area contributed by atoms with Gasteiger partial charge in [-0.25, -0.2) is 23.5 Å². The zero-order chi connectivity index (χ0) is 15.7. The number of benzene rings is 1. The van der Waals surface area contributed by atoms with Crippen molar-refractivity contribution < 1.29 is 0 Å². The highest BCUT2D eigenvalue weighted by atomic mass is 16.2. The molecule has 6 rings (SSSR count). The molecular formula is C17H12N4O2. The molecule has 4 atom stereocenters. The first-order valence-corrected chi connectivity index (χ1v) is 7.54. The third kappa shape index (κ3) is 1.33. The van der Waals surface area contributed by atoms with Gasteiger partial charge in [0.15, 0.2) is 0 Å². The van der Waals surface area contributed by atoms with Crippen LogP contribution in [0, 0.1) is 23.2 Å². The van der Waals surface area contributed by atoms with Gasteiger partial charge in [0, 0.05) is 11.8 Å². The molecule has 0 spiro atoms. The predicted octanol–water partition coefficient (Wildman–Crippen LogP) is 1.16. The molecule has 1 aromatic carbocycles. The van der Waals surface area contributed by atoms with E-state index in [2.05, 4.69) is 12.1 Å². The highest BCUT2D eigenvalue weighted by molar-refractivity contribution is 5.40. The average molecular weight is 304 g/mol. The normalized spacial score (nSPS) is 29.3. The molecule has 3 heterocycles. The first kappa shape index (κ1) is 12.5. The largest absolute Gasteiger partial charge is 0.352 e. The summed E-state index contributed by atoms with van der Waals surface area (Å²) in [5.74, 6) is 0.323. The number of hydrogen-bond acceptors (Lipinski definition) is 3. The van der Waals surface area contributed by atoms with E-state index in [1.807, 2.05) is 18.2 Å². The monoisotopic (exact) mass is 304 g/mol. The van der Waals surface area contributed by atoms with E-state index in [9.17, 15) is 14.9 Å². The Morgan fingerprint density at radius 3 is 2.30 bits per heavy atom. The van der Waals surface area contributed by atoms with Crippen LogP contribution in [0.2, 0.25) is 0 Å². The van der Waals surface area contributed by atoms with Crippen LogP contribution >= 0.6 is 0 Å². The molecule has 112 valence electrons. The smallest absolute Gasteiger partial charge is 0.245 e. The van der Waals surface area contributed by atoms with Crippen LogP contribution in [0.15, 0.2) is 63.7 Å². The minimum absolute atomic E-state index is 0.128. The van der Waals surface area contributed by atoms with E-state index in [-0.39, 0.29) is 35.3 Å². The molecular weight excluding hydrogens is 292 g/mol. The summed E-state index contributed by atoms with van der Waals surface area (Å²) < 4.78 is 4.19. The standard InChI is InChI=1S/C17H12N4O2/c18-9-10-8-14-12-6-7-13(12)15(10)21-17(23)19(16(22)20(14)21)11-4-2-1-3-5-11/h1-8,12-15H/t12-,13+,14+,15+/m1/s1. The van der Waals surface area contributed by atoms with Crippen LogP contribution in [-0.2, 0) is 0 Å². The van der Waals surface area contributed by atoms with Crippen molar-refractivity contribution in [2.45, 2.75) is 12.1 Å². The summed E-state index contributed by atoms with van der Waals surface area (Å²) in [5.41, 5.74) is 0.405. The fourth-order valence-electron chi connectivity index (χ4n) is 4.05. The molecule has 0 saturated heterocycles. The average Bonchev–Trinajstić information content (AvgIpc) is 2.80. The van der Waals surface area contributed by atoms with Gasteiger partial charge >= 0.3 is 11.4 Å². The van der Waals surface area contributed by atoms with Crippen LogP contribution in [0.4, 0.5) is 0 Å². The Morgan fingerprint density at radius 1 is 0.957 bits per heavy atom. The quantitative estimate of drug-likeness (QED) is 0.742. The number of rotatable bonds is 1. The molecule has 0 fully saturated rings. The highest BCUT2D eigenvalue weighted by Crippen LogP contribution is 2.52. The molecule has 2 aliphatic heterocycles. The van der Waals surface area contributed by atoms with Gasteiger partial charge in [-0.15, -0.1) is 0 Å². The van der Waals surface area contributed by atoms with Gasteiger partial charge in [0.2, 0.25) is 0 Å². The molecule has 4 aliphatic rings. The molecule has 0 saturated carbocycles. The Morgan fingerprint density at radius 2 is 1.65 bits per heavy atom. The van der Waals surface area contributed by atoms with E-state index in [4.69, 9.17) is 0 Å². The van der Waals surface area contributed by atoms with E-state index in [0.29, 0.717) is 11.3 Å². The van der Waals surface area contributed by atoms with Crippen LogP contribution < -0.4 is 11.4 Å². The molecule has 1 aromatic heterocycles. The maximum Gasteiger partial charge on any atom is 0.352 e. The molecule has 2 bridgehead atoms. The summed E-state index contributed by atoms with van der Waals surface area (Å²) in [4.78, 5) is 25.8. The first-order valence-electron chi connectivity index (χ1n) is 7.54. The summed E-state index contributed by atoms with van der Waals surface area (Å²) in [5, 5.41) is 9.40. The lowest BCUT2D eigenvalue weighted by Gasteiger charge is -2.48. The number of nitrogens with zero attached hydrogens (tertiary/aromatic N) is 4. The molecule has 6 heteroatoms. The number of hydrogen-bond donors (Lipinski definition) is 0. The maximum absolute atomic E-state index is 12.9. The van der Waals surface area contributed by atoms with Crippen molar-refractivity contribution in [3.05, 3.63) is 75.1 Å². The van der Waals surface area contributed by atoms with Gasteiger partial charge in [0.25, 0.3) is 0 Å². The van der Waals surface area contributed by atoms with E-state index in [0.717, 1.165) is 0 Å². The van der Waals surface area contributed by atoms with Gasteiger partial charge in [0.1, 0.15) is 0 Å². The summed E-state index contributed by atoms with van der Waals surface area (Å²) in [7, 11) is 0. The van der Waals surface area contributed by atoms with Crippen LogP contribution in [0.5, 0.6) is 0 Å². The van der Waals surface area contributed by atoms with Crippen molar-refractivity contribution in [3.63, 3.8) is 0 Å². The van der Waals surface area contributed by atoms with Crippen molar-refractivity contribution in [3.8, 4) is 11.8 Å². The number of allylic oxidation sites excluding steroid dienone is 4. The summed E-state index contributed by atoms with van der Waals surface area (Å²) >= 11 is 0. The lowest BCUT2D eigenvalue weighted by atomic mass is 9.66. The van der Waals surface area contributed by atoms with Crippen molar-refractivity contribution in [2.24, 2.45) is 11.8 Å². The van der Waals surface area contributed by atoms with Crippen molar-refractivity contribution in [2.75, 3.05) is 0 Å². The molecule has 0 amide bonds. The van der Waals surface area contributed by atoms with Crippen molar-refractivity contribution in [1.29, 1.82) is 5.26 Å². The molecule has 0 N–H and O–H groups in total. The second-order valence-corrected chi connectivity index (χ2v) is 6.13. The topological polar surface area (TPSA) is 72.7 Å². The van der Waals surface area contributed by atoms with E-state index in [1.165, 1.54) is 13.9 Å². The molecule has 2 aliphatic carbocycles. The third-order valence-corrected chi connectivity index (χ3v) is 5.12. The van der Waals surface area contributed by atoms with E-state index >= 15 is 0 Å². The van der Waals surface area contributed by atoms with Gasteiger partial charge in [-0.05, 0) is 18.2 Å². The zero-order valence-corrected chi connectivity index (χ0v) is 12.0. The van der Waals surface area contributed by atoms with Gasteiger partial charge in [-0.2, -0.15) is 5.26 Å². The highest BCUT2D eigenvalue weighted by Gasteiger charge is 2.51. The van der Waals surface area contributed by atoms with Crippen molar-refractivity contribution >= 4 is 0 Å². The second-order valence-electron chi connectivity index (χ2n) is 6.13. The Kier molecular flexibility index (Phi) is 2.18. The summed E-state index contributed by atoms with van der Waals surface area (Å²) in [6.45, 7) is 0. The molecule has 6 nitrogen and oxygen atoms in total. The minimum atomic E-state index is -0.379. The van der Waals surface area contributed by atoms with Gasteiger partial charge < -0.3 is 0 Å². The fraction of sp³-hybridized carbons (Fsp3) is 0.235. The predicted molar refractivity (Wildman–Crippen MR) is 82.2 cm³/mol. The van der Waals surface area contributed by atoms with Crippen molar-refractivity contribution in [1.82, 2.24) is 13.9 Å². The van der Waals surface area contributed by atoms with Crippen LogP contribution in [-0.4, -0.2) is 13.9 Å². The Bertz CT molecular complexity index is 1040. The van der Waals surface area contributed by atoms with Gasteiger partial charge in [-0.1, -0.05) is 30.4 Å². The first-order chi connectivity index (χ1) is 11.2. The van der Waals surface area contributed by atoms with Gasteiger partial charge in [-0.3, -0.25) is 0 Å². The van der Waals surface area contributed by atoms with E-state index in [1.54, 1.807) is 24.3 Å². The SMILES string of the molecule is N#CC1=C[C@H]2[C@@H]3C=C[C@@H]3[C@H]1n1c(=O)n(-c3ccccc3)c(=O)n12. The Balaban J connectivity index is 1.83. The van der Waals surface area contributed by atoms with Crippen LogP contribution in [0.1, 0.15) is 12.1 Å². The maximum atomic E-state index is 12.9. The summed E-state index contributed by atoms with van der Waals surface area (Å²) in [6, 6.07) is 10.5. The Labute approximate surface area is 130 Å². The molecule has 0 unspecified atom stereocenters. The minimum Gasteiger partial charge on any atom is -0.245 e. The van der Waals surface area contributed by atoms with Gasteiger partial charge in [0.05, 0.1) is 29.4 Å². The van der Waals surface area contributed by atoms with E-state index < -0.39 is 0 Å². The van der Waals surface area contributed by atoms with Crippen LogP contribution in [0.3, 0.4) is 0 Å². The fourth-order valence-corrected chi connectivity index (χ4v) is 4.05. The molecule has 2 aromatic rings. The lowest BCUT2D eigenvalue weighted by Crippen LogP contribution is -2.52. The number of nitriles is 1. The van der Waals surface area contributed by atoms with Crippen LogP contribution in [0.25, 0.3) is 5.69 Å². The number of aromatic nitrogens is 3. The summed E-state index contributed by atoms with van der Waals surface area (Å²) in [6.07, 6.45) is 5.94. The zero-order valence-electron chi connectivity index (χ0n) is 12.0. The lowest BCUT2D eigenvalue weighted by molar-refractivity contribution is 0.132. The Hall–Kier alpha value is -3.07. The number of para-hydroxylation sites is 1. The molecule has 23 heavy (non-hydrogen) atoms.